The van der Waals surface area contributed by atoms with Gasteiger partial charge in [0.05, 0.1) is 0 Å². The van der Waals surface area contributed by atoms with E-state index in [0.29, 0.717) is 6.54 Å². The highest BCUT2D eigenvalue weighted by Gasteiger charge is 2.12. The molecule has 1 amide bonds. The molecule has 30 heavy (non-hydrogen) atoms. The largest absolute Gasteiger partial charge is 0.348 e. The number of anilines is 2. The van der Waals surface area contributed by atoms with Gasteiger partial charge in [-0.2, -0.15) is 0 Å². The molecule has 0 saturated carbocycles. The number of aromatic nitrogens is 1. The summed E-state index contributed by atoms with van der Waals surface area (Å²) in [5.74, 6) is -0.104. The molecule has 0 aliphatic carbocycles. The lowest BCUT2D eigenvalue weighted by atomic mass is 9.87. The first-order chi connectivity index (χ1) is 14.3. The molecule has 0 bridgehead atoms. The van der Waals surface area contributed by atoms with Gasteiger partial charge in [0.1, 0.15) is 0 Å². The number of carbonyl (C=O) groups is 1. The fourth-order valence-electron chi connectivity index (χ4n) is 3.07. The zero-order valence-electron chi connectivity index (χ0n) is 18.1. The van der Waals surface area contributed by atoms with Crippen LogP contribution in [0.25, 0.3) is 6.08 Å². The lowest BCUT2D eigenvalue weighted by Crippen LogP contribution is -2.20. The zero-order valence-corrected chi connectivity index (χ0v) is 18.1. The maximum atomic E-state index is 12.2. The fourth-order valence-corrected chi connectivity index (χ4v) is 3.07. The van der Waals surface area contributed by atoms with Gasteiger partial charge in [-0.3, -0.25) is 9.78 Å². The molecule has 1 heterocycles. The minimum atomic E-state index is -0.104. The number of nitrogens with one attached hydrogen (secondary N) is 1. The molecule has 1 N–H and O–H groups in total. The highest BCUT2D eigenvalue weighted by molar-refractivity contribution is 5.91. The highest BCUT2D eigenvalue weighted by Crippen LogP contribution is 2.23. The van der Waals surface area contributed by atoms with Crippen molar-refractivity contribution in [1.82, 2.24) is 10.3 Å². The maximum Gasteiger partial charge on any atom is 0.244 e. The van der Waals surface area contributed by atoms with Crippen LogP contribution in [-0.4, -0.2) is 17.9 Å². The predicted octanol–water partition coefficient (Wildman–Crippen LogP) is 5.48. The molecule has 4 nitrogen and oxygen atoms in total. The van der Waals surface area contributed by atoms with Gasteiger partial charge >= 0.3 is 0 Å². The average Bonchev–Trinajstić information content (AvgIpc) is 2.76. The second-order valence-electron chi connectivity index (χ2n) is 8.35. The van der Waals surface area contributed by atoms with Crippen molar-refractivity contribution in [2.24, 2.45) is 0 Å². The van der Waals surface area contributed by atoms with Crippen molar-refractivity contribution in [3.63, 3.8) is 0 Å². The zero-order chi connectivity index (χ0) is 21.6. The Morgan fingerprint density at radius 3 is 2.13 bits per heavy atom. The highest BCUT2D eigenvalue weighted by atomic mass is 16.1. The molecule has 0 aliphatic rings. The van der Waals surface area contributed by atoms with E-state index in [0.717, 1.165) is 22.5 Å². The fraction of sp³-hybridized carbons (Fsp3) is 0.231. The molecule has 0 spiro atoms. The van der Waals surface area contributed by atoms with Crippen LogP contribution in [0.15, 0.2) is 79.1 Å². The molecule has 154 valence electrons. The van der Waals surface area contributed by atoms with E-state index in [9.17, 15) is 4.79 Å². The van der Waals surface area contributed by atoms with E-state index in [1.807, 2.05) is 49.5 Å². The molecule has 4 heteroatoms. The Balaban J connectivity index is 1.52. The number of benzene rings is 2. The molecule has 0 saturated heterocycles. The SMILES string of the molecule is CN(c1ccncc1)c1ccc(CNC(=O)C=Cc2ccc(C(C)(C)C)cc2)cc1. The number of nitrogens with zero attached hydrogens (tertiary/aromatic N) is 2. The first-order valence-electron chi connectivity index (χ1n) is 10.1. The van der Waals surface area contributed by atoms with E-state index in [-0.39, 0.29) is 11.3 Å². The molecule has 0 atom stereocenters. The van der Waals surface area contributed by atoms with Gasteiger partial charge in [-0.25, -0.2) is 0 Å². The number of hydrogen-bond donors (Lipinski definition) is 1. The summed E-state index contributed by atoms with van der Waals surface area (Å²) in [6.45, 7) is 7.06. The van der Waals surface area contributed by atoms with E-state index in [2.05, 4.69) is 60.2 Å². The van der Waals surface area contributed by atoms with Gasteiger partial charge in [-0.05, 0) is 52.4 Å². The number of rotatable bonds is 6. The van der Waals surface area contributed by atoms with Crippen LogP contribution in [0.2, 0.25) is 0 Å². The Morgan fingerprint density at radius 2 is 1.53 bits per heavy atom. The van der Waals surface area contributed by atoms with Gasteiger partial charge in [-0.15, -0.1) is 0 Å². The first-order valence-corrected chi connectivity index (χ1v) is 10.1. The molecule has 3 aromatic rings. The third-order valence-electron chi connectivity index (χ3n) is 5.04. The van der Waals surface area contributed by atoms with Crippen LogP contribution in [0, 0.1) is 0 Å². The Labute approximate surface area is 179 Å². The summed E-state index contributed by atoms with van der Waals surface area (Å²) in [6.07, 6.45) is 6.98. The standard InChI is InChI=1S/C26H29N3O/c1-26(2,3)22-10-5-20(6-11-22)9-14-25(30)28-19-21-7-12-23(13-8-21)29(4)24-15-17-27-18-16-24/h5-18H,19H2,1-4H3,(H,28,30). The van der Waals surface area contributed by atoms with Crippen LogP contribution in [0.5, 0.6) is 0 Å². The molecule has 0 aliphatic heterocycles. The van der Waals surface area contributed by atoms with Gasteiger partial charge in [-0.1, -0.05) is 57.2 Å². The monoisotopic (exact) mass is 399 g/mol. The molecule has 1 aromatic heterocycles. The van der Waals surface area contributed by atoms with Crippen LogP contribution in [0.3, 0.4) is 0 Å². The van der Waals surface area contributed by atoms with Crippen LogP contribution < -0.4 is 10.2 Å². The Morgan fingerprint density at radius 1 is 0.933 bits per heavy atom. The third-order valence-corrected chi connectivity index (χ3v) is 5.04. The summed E-state index contributed by atoms with van der Waals surface area (Å²) in [5.41, 5.74) is 5.63. The lowest BCUT2D eigenvalue weighted by Gasteiger charge is -2.19. The van der Waals surface area contributed by atoms with Crippen molar-refractivity contribution in [2.75, 3.05) is 11.9 Å². The van der Waals surface area contributed by atoms with Gasteiger partial charge < -0.3 is 10.2 Å². The Hall–Kier alpha value is -3.40. The summed E-state index contributed by atoms with van der Waals surface area (Å²) in [4.78, 5) is 18.3. The summed E-state index contributed by atoms with van der Waals surface area (Å²) in [7, 11) is 2.02. The van der Waals surface area contributed by atoms with Gasteiger partial charge in [0, 0.05) is 43.4 Å². The van der Waals surface area contributed by atoms with Gasteiger partial charge in [0.15, 0.2) is 0 Å². The quantitative estimate of drug-likeness (QED) is 0.559. The molecule has 3 rings (SSSR count). The number of amides is 1. The average molecular weight is 400 g/mol. The predicted molar refractivity (Wildman–Crippen MR) is 125 cm³/mol. The van der Waals surface area contributed by atoms with Crippen LogP contribution >= 0.6 is 0 Å². The second kappa shape index (κ2) is 9.40. The summed E-state index contributed by atoms with van der Waals surface area (Å²) in [6, 6.07) is 20.4. The topological polar surface area (TPSA) is 45.2 Å². The minimum Gasteiger partial charge on any atom is -0.348 e. The summed E-state index contributed by atoms with van der Waals surface area (Å²) < 4.78 is 0. The minimum absolute atomic E-state index is 0.104. The summed E-state index contributed by atoms with van der Waals surface area (Å²) >= 11 is 0. The number of carbonyl (C=O) groups excluding carboxylic acids is 1. The number of pyridine rings is 1. The van der Waals surface area contributed by atoms with Crippen molar-refractivity contribution in [3.05, 3.63) is 95.8 Å². The second-order valence-corrected chi connectivity index (χ2v) is 8.35. The third kappa shape index (κ3) is 5.80. The van der Waals surface area contributed by atoms with Crippen LogP contribution in [-0.2, 0) is 16.8 Å². The van der Waals surface area contributed by atoms with E-state index in [1.54, 1.807) is 18.5 Å². The summed E-state index contributed by atoms with van der Waals surface area (Å²) in [5, 5.41) is 2.94. The van der Waals surface area contributed by atoms with E-state index in [4.69, 9.17) is 0 Å². The lowest BCUT2D eigenvalue weighted by molar-refractivity contribution is -0.116. The molecular weight excluding hydrogens is 370 g/mol. The number of hydrogen-bond acceptors (Lipinski definition) is 3. The molecular formula is C26H29N3O. The first kappa shape index (κ1) is 21.3. The van der Waals surface area contributed by atoms with E-state index >= 15 is 0 Å². The smallest absolute Gasteiger partial charge is 0.244 e. The van der Waals surface area contributed by atoms with E-state index in [1.165, 1.54) is 5.56 Å². The Bertz CT molecular complexity index is 985. The van der Waals surface area contributed by atoms with Crippen molar-refractivity contribution >= 4 is 23.4 Å². The molecule has 0 radical (unpaired) electrons. The van der Waals surface area contributed by atoms with Crippen molar-refractivity contribution in [3.8, 4) is 0 Å². The van der Waals surface area contributed by atoms with Crippen LogP contribution in [0.4, 0.5) is 11.4 Å². The normalized spacial score (nSPS) is 11.5. The van der Waals surface area contributed by atoms with E-state index < -0.39 is 0 Å². The van der Waals surface area contributed by atoms with Gasteiger partial charge in [0.2, 0.25) is 5.91 Å². The van der Waals surface area contributed by atoms with Crippen molar-refractivity contribution in [1.29, 1.82) is 0 Å². The van der Waals surface area contributed by atoms with Crippen LogP contribution in [0.1, 0.15) is 37.5 Å². The molecule has 0 fully saturated rings. The molecule has 2 aromatic carbocycles. The maximum absolute atomic E-state index is 12.2. The molecule has 0 unspecified atom stereocenters. The van der Waals surface area contributed by atoms with Crippen molar-refractivity contribution in [2.45, 2.75) is 32.7 Å². The van der Waals surface area contributed by atoms with Gasteiger partial charge in [0.25, 0.3) is 0 Å². The van der Waals surface area contributed by atoms with Crippen molar-refractivity contribution < 1.29 is 4.79 Å². The Kier molecular flexibility index (Phi) is 6.68.